The summed E-state index contributed by atoms with van der Waals surface area (Å²) in [5.41, 5.74) is 8.08. The average Bonchev–Trinajstić information content (AvgIpc) is 3.85. The van der Waals surface area contributed by atoms with Gasteiger partial charge in [-0.15, -0.1) is 0 Å². The molecule has 6 atom stereocenters. The quantitative estimate of drug-likeness (QED) is 0.0564. The van der Waals surface area contributed by atoms with Crippen LogP contribution in [0.15, 0.2) is 35.0 Å². The van der Waals surface area contributed by atoms with Crippen LogP contribution in [0.5, 0.6) is 0 Å². The van der Waals surface area contributed by atoms with E-state index in [0.717, 1.165) is 9.13 Å². The van der Waals surface area contributed by atoms with Crippen molar-refractivity contribution >= 4 is 40.3 Å². The molecule has 0 bridgehead atoms. The topological polar surface area (TPSA) is 171 Å². The van der Waals surface area contributed by atoms with Crippen LogP contribution in [0.3, 0.4) is 0 Å². The van der Waals surface area contributed by atoms with Crippen molar-refractivity contribution in [3.05, 3.63) is 49.4 Å². The lowest BCUT2D eigenvalue weighted by Crippen LogP contribution is -2.70. The van der Waals surface area contributed by atoms with Crippen LogP contribution in [0.25, 0.3) is 10.4 Å². The van der Waals surface area contributed by atoms with Gasteiger partial charge < -0.3 is 34.7 Å². The molecule has 12 nitrogen and oxygen atoms in total. The molecule has 3 fully saturated rings. The summed E-state index contributed by atoms with van der Waals surface area (Å²) in [7, 11) is 1.49. The second-order valence-corrected chi connectivity index (χ2v) is 12.3. The highest BCUT2D eigenvalue weighted by atomic mass is 127. The van der Waals surface area contributed by atoms with Crippen molar-refractivity contribution in [3.63, 3.8) is 0 Å². The Labute approximate surface area is 253 Å². The number of nitrogens with zero attached hydrogens (tertiary/aromatic N) is 3. The molecule has 13 heteroatoms. The molecule has 0 radical (unpaired) electrons. The van der Waals surface area contributed by atoms with E-state index >= 15 is 0 Å². The SMILES string of the molecule is COC1C(OC(=O)NCCNC(=O)CCc2ccc(N=[N+]=[N-])c(I)c2)CCC2(CO2)C1(O)C1(C)OC1CC=C(C)C. The number of aliphatic hydroxyl groups is 1. The van der Waals surface area contributed by atoms with E-state index in [9.17, 15) is 14.7 Å². The summed E-state index contributed by atoms with van der Waals surface area (Å²) in [5.74, 6) is -0.152. The average molecular weight is 684 g/mol. The maximum atomic E-state index is 12.6. The third kappa shape index (κ3) is 6.65. The maximum Gasteiger partial charge on any atom is 0.407 e. The molecule has 1 saturated carbocycles. The molecule has 1 aromatic rings. The predicted molar refractivity (Wildman–Crippen MR) is 159 cm³/mol. The Bertz CT molecular complexity index is 1230. The van der Waals surface area contributed by atoms with Crippen molar-refractivity contribution in [1.29, 1.82) is 0 Å². The number of epoxide rings is 2. The largest absolute Gasteiger partial charge is 0.443 e. The number of allylic oxidation sites excluding steroid dienone is 1. The summed E-state index contributed by atoms with van der Waals surface area (Å²) in [5, 5.41) is 21.2. The minimum absolute atomic E-state index is 0.152. The van der Waals surface area contributed by atoms with Crippen molar-refractivity contribution in [2.75, 3.05) is 26.8 Å². The van der Waals surface area contributed by atoms with Crippen LogP contribution >= 0.6 is 22.6 Å². The number of azide groups is 1. The van der Waals surface area contributed by atoms with Gasteiger partial charge in [-0.25, -0.2) is 4.79 Å². The summed E-state index contributed by atoms with van der Waals surface area (Å²) in [4.78, 5) is 27.7. The fourth-order valence-corrected chi connectivity index (χ4v) is 6.50. The number of halogens is 1. The molecule has 1 spiro atoms. The number of hydrogen-bond acceptors (Lipinski definition) is 8. The number of methoxy groups -OCH3 is 1. The lowest BCUT2D eigenvalue weighted by Gasteiger charge is -2.49. The standard InChI is InChI=1S/C28H38IN5O7/c1-17(2)5-9-22-26(3,41-22)28(37)24(38-4)21(11-12-27(28)16-39-27)40-25(36)32-14-13-31-23(35)10-7-18-6-8-20(33-34-30)19(29)15-18/h5-6,8,15,21-22,24,37H,7,9-14,16H2,1-4H3,(H,31,35)(H,32,36). The Morgan fingerprint density at radius 2 is 2.05 bits per heavy atom. The molecule has 4 rings (SSSR count). The number of benzene rings is 1. The van der Waals surface area contributed by atoms with E-state index in [0.29, 0.717) is 38.0 Å². The van der Waals surface area contributed by atoms with Crippen LogP contribution in [0.2, 0.25) is 0 Å². The van der Waals surface area contributed by atoms with Crippen molar-refractivity contribution in [2.24, 2.45) is 5.11 Å². The number of hydrogen-bond donors (Lipinski definition) is 3. The van der Waals surface area contributed by atoms with E-state index < -0.39 is 35.1 Å². The molecule has 2 saturated heterocycles. The first-order valence-corrected chi connectivity index (χ1v) is 14.8. The molecule has 0 aromatic heterocycles. The fraction of sp³-hybridized carbons (Fsp3) is 0.643. The molecular weight excluding hydrogens is 645 g/mol. The van der Waals surface area contributed by atoms with E-state index in [1.807, 2.05) is 32.9 Å². The van der Waals surface area contributed by atoms with Gasteiger partial charge in [0.2, 0.25) is 5.91 Å². The number of rotatable bonds is 12. The summed E-state index contributed by atoms with van der Waals surface area (Å²) in [6.07, 6.45) is 2.14. The Kier molecular flexibility index (Phi) is 9.87. The van der Waals surface area contributed by atoms with Gasteiger partial charge in [0, 0.05) is 35.1 Å². The van der Waals surface area contributed by atoms with Gasteiger partial charge in [-0.05, 0) is 86.2 Å². The number of aryl methyl sites for hydroxylation is 1. The van der Waals surface area contributed by atoms with Gasteiger partial charge in [0.1, 0.15) is 23.4 Å². The molecule has 1 aliphatic carbocycles. The Morgan fingerprint density at radius 3 is 2.68 bits per heavy atom. The Morgan fingerprint density at radius 1 is 1.32 bits per heavy atom. The molecule has 224 valence electrons. The summed E-state index contributed by atoms with van der Waals surface area (Å²) in [6, 6.07) is 5.43. The van der Waals surface area contributed by atoms with Gasteiger partial charge >= 0.3 is 6.09 Å². The third-order valence-electron chi connectivity index (χ3n) is 8.24. The van der Waals surface area contributed by atoms with Gasteiger partial charge in [-0.1, -0.05) is 28.9 Å². The van der Waals surface area contributed by atoms with Crippen LogP contribution in [-0.2, 0) is 30.2 Å². The molecule has 3 N–H and O–H groups in total. The van der Waals surface area contributed by atoms with Gasteiger partial charge in [-0.3, -0.25) is 4.79 Å². The maximum absolute atomic E-state index is 12.6. The Hall–Kier alpha value is -2.42. The molecule has 2 aliphatic heterocycles. The molecule has 2 heterocycles. The minimum atomic E-state index is -1.49. The zero-order valence-corrected chi connectivity index (χ0v) is 26.0. The minimum Gasteiger partial charge on any atom is -0.443 e. The first kappa shape index (κ1) is 31.5. The molecule has 2 amide bonds. The lowest BCUT2D eigenvalue weighted by atomic mass is 9.64. The monoisotopic (exact) mass is 683 g/mol. The van der Waals surface area contributed by atoms with E-state index in [2.05, 4.69) is 49.3 Å². The van der Waals surface area contributed by atoms with Crippen molar-refractivity contribution < 1.29 is 33.6 Å². The molecule has 6 unspecified atom stereocenters. The predicted octanol–water partition coefficient (Wildman–Crippen LogP) is 4.20. The smallest absolute Gasteiger partial charge is 0.407 e. The van der Waals surface area contributed by atoms with E-state index in [1.165, 1.54) is 12.7 Å². The van der Waals surface area contributed by atoms with Crippen LogP contribution in [0.1, 0.15) is 52.0 Å². The highest BCUT2D eigenvalue weighted by Crippen LogP contribution is 2.62. The summed E-state index contributed by atoms with van der Waals surface area (Å²) < 4.78 is 24.2. The highest BCUT2D eigenvalue weighted by molar-refractivity contribution is 14.1. The highest BCUT2D eigenvalue weighted by Gasteiger charge is 2.81. The molecule has 41 heavy (non-hydrogen) atoms. The number of carbonyl (C=O) groups excluding carboxylic acids is 2. The summed E-state index contributed by atoms with van der Waals surface area (Å²) in [6.45, 7) is 6.71. The Balaban J connectivity index is 1.24. The molecule has 1 aromatic carbocycles. The van der Waals surface area contributed by atoms with Gasteiger partial charge in [0.15, 0.2) is 5.60 Å². The van der Waals surface area contributed by atoms with Crippen molar-refractivity contribution in [3.8, 4) is 0 Å². The number of alkyl carbamates (subject to hydrolysis) is 1. The normalized spacial score (nSPS) is 31.5. The van der Waals surface area contributed by atoms with Crippen molar-refractivity contribution in [2.45, 2.75) is 88.0 Å². The second kappa shape index (κ2) is 12.8. The first-order valence-electron chi connectivity index (χ1n) is 13.7. The van der Waals surface area contributed by atoms with Gasteiger partial charge in [0.25, 0.3) is 0 Å². The van der Waals surface area contributed by atoms with Crippen LogP contribution in [0.4, 0.5) is 10.5 Å². The lowest BCUT2D eigenvalue weighted by molar-refractivity contribution is -0.223. The van der Waals surface area contributed by atoms with Crippen LogP contribution in [-0.4, -0.2) is 79.0 Å². The van der Waals surface area contributed by atoms with Crippen molar-refractivity contribution in [1.82, 2.24) is 10.6 Å². The zero-order chi connectivity index (χ0) is 29.8. The molecular formula is C28H38IN5O7. The third-order valence-corrected chi connectivity index (χ3v) is 9.11. The fourth-order valence-electron chi connectivity index (χ4n) is 5.81. The first-order chi connectivity index (χ1) is 19.5. The number of ether oxygens (including phenoxy) is 4. The second-order valence-electron chi connectivity index (χ2n) is 11.2. The number of carbonyl (C=O) groups is 2. The summed E-state index contributed by atoms with van der Waals surface area (Å²) >= 11 is 2.09. The van der Waals surface area contributed by atoms with Crippen LogP contribution < -0.4 is 10.6 Å². The van der Waals surface area contributed by atoms with Gasteiger partial charge in [0.05, 0.1) is 18.4 Å². The van der Waals surface area contributed by atoms with E-state index in [1.54, 1.807) is 6.07 Å². The zero-order valence-electron chi connectivity index (χ0n) is 23.8. The van der Waals surface area contributed by atoms with E-state index in [-0.39, 0.29) is 31.5 Å². The number of amides is 2. The van der Waals surface area contributed by atoms with Gasteiger partial charge in [-0.2, -0.15) is 0 Å². The van der Waals surface area contributed by atoms with E-state index in [4.69, 9.17) is 24.5 Å². The molecule has 3 aliphatic rings. The van der Waals surface area contributed by atoms with Crippen LogP contribution in [0, 0.1) is 3.57 Å². The number of nitrogens with one attached hydrogen (secondary N) is 2.